The average Bonchev–Trinajstić information content (AvgIpc) is 2.48. The van der Waals surface area contributed by atoms with Crippen molar-refractivity contribution < 1.29 is 9.80 Å². The Morgan fingerprint density at radius 3 is 2.14 bits per heavy atom. The predicted octanol–water partition coefficient (Wildman–Crippen LogP) is 1.18. The number of rotatable bonds is 7. The van der Waals surface area contributed by atoms with Gasteiger partial charge in [0.15, 0.2) is 0 Å². The molecule has 0 heterocycles. The lowest BCUT2D eigenvalue weighted by atomic mass is 10.1. The molecule has 1 atom stereocenters. The molecular formula is C18H25BrN2+2. The molecule has 3 heteroatoms. The molecule has 0 aliphatic carbocycles. The summed E-state index contributed by atoms with van der Waals surface area (Å²) in [5.74, 6) is 0. The molecule has 0 fully saturated rings. The van der Waals surface area contributed by atoms with Gasteiger partial charge in [0.2, 0.25) is 0 Å². The Balaban J connectivity index is 2.06. The second kappa shape index (κ2) is 8.32. The number of benzene rings is 2. The van der Waals surface area contributed by atoms with Crippen molar-refractivity contribution >= 4 is 15.9 Å². The fourth-order valence-corrected chi connectivity index (χ4v) is 2.89. The second-order valence-corrected chi connectivity index (χ2v) is 6.74. The maximum atomic E-state index is 3.67. The fraction of sp³-hybridized carbons (Fsp3) is 0.333. The molecule has 0 spiro atoms. The zero-order chi connectivity index (χ0) is 15.1. The van der Waals surface area contributed by atoms with Gasteiger partial charge in [0.05, 0.1) is 14.1 Å². The van der Waals surface area contributed by atoms with Gasteiger partial charge in [0.1, 0.15) is 26.2 Å². The minimum atomic E-state index is 1.06. The van der Waals surface area contributed by atoms with Crippen LogP contribution < -0.4 is 9.80 Å². The summed E-state index contributed by atoms with van der Waals surface area (Å²) in [6.07, 6.45) is 0. The Labute approximate surface area is 136 Å². The molecule has 1 unspecified atom stereocenters. The first-order chi connectivity index (χ1) is 10.1. The highest BCUT2D eigenvalue weighted by Crippen LogP contribution is 2.14. The van der Waals surface area contributed by atoms with E-state index in [0.29, 0.717) is 0 Å². The number of halogens is 1. The molecule has 0 aromatic heterocycles. The standard InChI is InChI=1S/C18H23BrN2/c1-20(2)12-13-21(14-16-8-4-3-5-9-16)15-17-10-6-7-11-18(17)19/h3-11H,12-15H2,1-2H3/p+2. The van der Waals surface area contributed by atoms with Crippen LogP contribution in [-0.4, -0.2) is 27.2 Å². The molecule has 0 saturated carbocycles. The Kier molecular flexibility index (Phi) is 6.43. The Morgan fingerprint density at radius 2 is 1.48 bits per heavy atom. The summed E-state index contributed by atoms with van der Waals surface area (Å²) in [7, 11) is 4.44. The molecule has 0 bridgehead atoms. The molecular weight excluding hydrogens is 324 g/mol. The topological polar surface area (TPSA) is 8.88 Å². The lowest BCUT2D eigenvalue weighted by Crippen LogP contribution is -3.16. The van der Waals surface area contributed by atoms with E-state index in [1.54, 1.807) is 4.90 Å². The number of likely N-dealkylation sites (N-methyl/N-ethyl adjacent to an activating group) is 1. The average molecular weight is 349 g/mol. The summed E-state index contributed by atoms with van der Waals surface area (Å²) in [6.45, 7) is 4.50. The van der Waals surface area contributed by atoms with Gasteiger partial charge in [-0.1, -0.05) is 64.5 Å². The van der Waals surface area contributed by atoms with Crippen LogP contribution >= 0.6 is 15.9 Å². The van der Waals surface area contributed by atoms with Crippen LogP contribution in [0.25, 0.3) is 0 Å². The number of hydrogen-bond donors (Lipinski definition) is 2. The number of quaternary nitrogens is 2. The van der Waals surface area contributed by atoms with Crippen molar-refractivity contribution in [2.75, 3.05) is 27.2 Å². The van der Waals surface area contributed by atoms with Crippen LogP contribution in [-0.2, 0) is 13.1 Å². The van der Waals surface area contributed by atoms with E-state index < -0.39 is 0 Å². The van der Waals surface area contributed by atoms with E-state index in [1.165, 1.54) is 33.6 Å². The second-order valence-electron chi connectivity index (χ2n) is 5.89. The summed E-state index contributed by atoms with van der Waals surface area (Å²) in [5, 5.41) is 0. The van der Waals surface area contributed by atoms with E-state index in [2.05, 4.69) is 84.6 Å². The minimum absolute atomic E-state index is 1.06. The summed E-state index contributed by atoms with van der Waals surface area (Å²) < 4.78 is 1.22. The summed E-state index contributed by atoms with van der Waals surface area (Å²) >= 11 is 3.67. The van der Waals surface area contributed by atoms with E-state index in [-0.39, 0.29) is 0 Å². The molecule has 2 aromatic carbocycles. The molecule has 0 amide bonds. The van der Waals surface area contributed by atoms with Crippen molar-refractivity contribution in [3.8, 4) is 0 Å². The highest BCUT2D eigenvalue weighted by atomic mass is 79.9. The van der Waals surface area contributed by atoms with Crippen LogP contribution in [0.15, 0.2) is 59.1 Å². The van der Waals surface area contributed by atoms with Crippen LogP contribution in [0.3, 0.4) is 0 Å². The van der Waals surface area contributed by atoms with Crippen molar-refractivity contribution in [1.82, 2.24) is 0 Å². The zero-order valence-corrected chi connectivity index (χ0v) is 14.5. The quantitative estimate of drug-likeness (QED) is 0.743. The summed E-state index contributed by atoms with van der Waals surface area (Å²) in [5.41, 5.74) is 2.80. The normalized spacial score (nSPS) is 12.6. The highest BCUT2D eigenvalue weighted by Gasteiger charge is 2.13. The van der Waals surface area contributed by atoms with Crippen LogP contribution in [0, 0.1) is 0 Å². The molecule has 2 nitrogen and oxygen atoms in total. The van der Waals surface area contributed by atoms with Crippen molar-refractivity contribution in [2.45, 2.75) is 13.1 Å². The smallest absolute Gasteiger partial charge is 0.127 e. The van der Waals surface area contributed by atoms with Gasteiger partial charge in [0.25, 0.3) is 0 Å². The molecule has 2 aromatic rings. The molecule has 0 radical (unpaired) electrons. The number of nitrogens with one attached hydrogen (secondary N) is 2. The first-order valence-corrected chi connectivity index (χ1v) is 8.34. The van der Waals surface area contributed by atoms with Gasteiger partial charge in [0, 0.05) is 15.6 Å². The first kappa shape index (κ1) is 16.2. The van der Waals surface area contributed by atoms with Crippen LogP contribution in [0.5, 0.6) is 0 Å². The Hall–Kier alpha value is -1.16. The van der Waals surface area contributed by atoms with E-state index in [0.717, 1.165) is 13.1 Å². The van der Waals surface area contributed by atoms with Gasteiger partial charge < -0.3 is 9.80 Å². The van der Waals surface area contributed by atoms with Crippen LogP contribution in [0.1, 0.15) is 11.1 Å². The van der Waals surface area contributed by atoms with Crippen molar-refractivity contribution in [3.05, 3.63) is 70.2 Å². The predicted molar refractivity (Wildman–Crippen MR) is 91.5 cm³/mol. The summed E-state index contributed by atoms with van der Waals surface area (Å²) in [6, 6.07) is 19.3. The van der Waals surface area contributed by atoms with Crippen LogP contribution in [0.2, 0.25) is 0 Å². The van der Waals surface area contributed by atoms with E-state index in [1.807, 2.05) is 0 Å². The third-order valence-corrected chi connectivity index (χ3v) is 4.45. The highest BCUT2D eigenvalue weighted by molar-refractivity contribution is 9.10. The SMILES string of the molecule is C[NH+](C)CC[NH+](Cc1ccccc1)Cc1ccccc1Br. The molecule has 0 aliphatic heterocycles. The van der Waals surface area contributed by atoms with E-state index in [4.69, 9.17) is 0 Å². The number of hydrogen-bond acceptors (Lipinski definition) is 0. The van der Waals surface area contributed by atoms with Gasteiger partial charge in [-0.2, -0.15) is 0 Å². The lowest BCUT2D eigenvalue weighted by molar-refractivity contribution is -0.960. The zero-order valence-electron chi connectivity index (χ0n) is 12.9. The maximum Gasteiger partial charge on any atom is 0.127 e. The molecule has 21 heavy (non-hydrogen) atoms. The van der Waals surface area contributed by atoms with Gasteiger partial charge >= 0.3 is 0 Å². The molecule has 2 N–H and O–H groups in total. The van der Waals surface area contributed by atoms with Gasteiger partial charge in [-0.25, -0.2) is 0 Å². The van der Waals surface area contributed by atoms with Crippen molar-refractivity contribution in [2.24, 2.45) is 0 Å². The molecule has 0 aliphatic rings. The molecule has 112 valence electrons. The first-order valence-electron chi connectivity index (χ1n) is 7.55. The minimum Gasteiger partial charge on any atom is -0.335 e. The molecule has 2 rings (SSSR count). The summed E-state index contributed by atoms with van der Waals surface area (Å²) in [4.78, 5) is 3.11. The fourth-order valence-electron chi connectivity index (χ4n) is 2.46. The lowest BCUT2D eigenvalue weighted by Gasteiger charge is -2.21. The van der Waals surface area contributed by atoms with E-state index >= 15 is 0 Å². The Morgan fingerprint density at radius 1 is 0.810 bits per heavy atom. The van der Waals surface area contributed by atoms with E-state index in [9.17, 15) is 0 Å². The monoisotopic (exact) mass is 348 g/mol. The Bertz CT molecular complexity index is 540. The molecule has 0 saturated heterocycles. The van der Waals surface area contributed by atoms with Crippen molar-refractivity contribution in [3.63, 3.8) is 0 Å². The van der Waals surface area contributed by atoms with Gasteiger partial charge in [-0.05, 0) is 6.07 Å². The third kappa shape index (κ3) is 5.62. The van der Waals surface area contributed by atoms with Crippen molar-refractivity contribution in [1.29, 1.82) is 0 Å². The van der Waals surface area contributed by atoms with Crippen LogP contribution in [0.4, 0.5) is 0 Å². The van der Waals surface area contributed by atoms with Gasteiger partial charge in [-0.15, -0.1) is 0 Å². The third-order valence-electron chi connectivity index (χ3n) is 3.67. The largest absolute Gasteiger partial charge is 0.335 e. The van der Waals surface area contributed by atoms with Gasteiger partial charge in [-0.3, -0.25) is 0 Å². The maximum absolute atomic E-state index is 3.67.